The SMILES string of the molecule is COc1ccccc1.OCCO.[KH]. The summed E-state index contributed by atoms with van der Waals surface area (Å²) in [6.45, 7) is -0.250. The van der Waals surface area contributed by atoms with Crippen LogP contribution < -0.4 is 4.74 Å². The Morgan fingerprint density at radius 2 is 1.54 bits per heavy atom. The molecule has 0 atom stereocenters. The molecule has 0 spiro atoms. The van der Waals surface area contributed by atoms with E-state index in [4.69, 9.17) is 14.9 Å². The molecule has 0 radical (unpaired) electrons. The first kappa shape index (κ1) is 16.0. The van der Waals surface area contributed by atoms with Crippen LogP contribution in [0.15, 0.2) is 30.3 Å². The summed E-state index contributed by atoms with van der Waals surface area (Å²) in [5.74, 6) is 0.910. The predicted molar refractivity (Wildman–Crippen MR) is 54.3 cm³/mol. The minimum absolute atomic E-state index is 0. The first-order valence-electron chi connectivity index (χ1n) is 3.66. The van der Waals surface area contributed by atoms with Crippen molar-refractivity contribution in [3.8, 4) is 5.75 Å². The monoisotopic (exact) mass is 210 g/mol. The van der Waals surface area contributed by atoms with Crippen molar-refractivity contribution in [3.05, 3.63) is 30.3 Å². The van der Waals surface area contributed by atoms with E-state index in [9.17, 15) is 0 Å². The van der Waals surface area contributed by atoms with Crippen LogP contribution in [-0.4, -0.2) is 81.9 Å². The van der Waals surface area contributed by atoms with Crippen LogP contribution in [0.5, 0.6) is 5.75 Å². The van der Waals surface area contributed by atoms with Gasteiger partial charge in [-0.15, -0.1) is 0 Å². The maximum absolute atomic E-state index is 7.62. The van der Waals surface area contributed by atoms with E-state index in [1.807, 2.05) is 30.3 Å². The Hall–Kier alpha value is 0.576. The summed E-state index contributed by atoms with van der Waals surface area (Å²) in [6, 6.07) is 9.68. The zero-order chi connectivity index (χ0) is 9.23. The molecule has 13 heavy (non-hydrogen) atoms. The molecule has 0 aromatic heterocycles. The van der Waals surface area contributed by atoms with Gasteiger partial charge in [0.2, 0.25) is 0 Å². The van der Waals surface area contributed by atoms with Gasteiger partial charge in [-0.2, -0.15) is 0 Å². The maximum atomic E-state index is 7.62. The van der Waals surface area contributed by atoms with Crippen molar-refractivity contribution >= 4 is 51.4 Å². The number of aliphatic hydroxyl groups excluding tert-OH is 2. The number of aliphatic hydroxyl groups is 2. The quantitative estimate of drug-likeness (QED) is 0.677. The third kappa shape index (κ3) is 10.5. The van der Waals surface area contributed by atoms with Crippen LogP contribution in [0.4, 0.5) is 0 Å². The van der Waals surface area contributed by atoms with Crippen LogP contribution >= 0.6 is 0 Å². The van der Waals surface area contributed by atoms with Crippen molar-refractivity contribution in [1.82, 2.24) is 0 Å². The second kappa shape index (κ2) is 12.6. The number of methoxy groups -OCH3 is 1. The second-order valence-corrected chi connectivity index (χ2v) is 1.96. The average Bonchev–Trinajstić information content (AvgIpc) is 2.19. The minimum atomic E-state index is -0.125. The van der Waals surface area contributed by atoms with Crippen LogP contribution in [0.3, 0.4) is 0 Å². The molecule has 0 aliphatic carbocycles. The average molecular weight is 210 g/mol. The number of ether oxygens (including phenoxy) is 1. The van der Waals surface area contributed by atoms with E-state index < -0.39 is 0 Å². The van der Waals surface area contributed by atoms with E-state index in [1.54, 1.807) is 7.11 Å². The summed E-state index contributed by atoms with van der Waals surface area (Å²) in [5.41, 5.74) is 0. The molecular weight excluding hydrogens is 195 g/mol. The van der Waals surface area contributed by atoms with Crippen molar-refractivity contribution in [2.75, 3.05) is 20.3 Å². The van der Waals surface area contributed by atoms with Gasteiger partial charge in [-0.3, -0.25) is 0 Å². The number of hydrogen-bond acceptors (Lipinski definition) is 3. The summed E-state index contributed by atoms with van der Waals surface area (Å²) in [4.78, 5) is 0. The first-order valence-corrected chi connectivity index (χ1v) is 3.66. The molecule has 1 aromatic rings. The van der Waals surface area contributed by atoms with Gasteiger partial charge < -0.3 is 14.9 Å². The normalized spacial score (nSPS) is 7.62. The molecule has 0 amide bonds. The summed E-state index contributed by atoms with van der Waals surface area (Å²) >= 11 is 0. The van der Waals surface area contributed by atoms with Gasteiger partial charge in [0.05, 0.1) is 20.3 Å². The van der Waals surface area contributed by atoms with Gasteiger partial charge in [0, 0.05) is 0 Å². The van der Waals surface area contributed by atoms with Crippen molar-refractivity contribution in [2.24, 2.45) is 0 Å². The molecule has 1 aromatic carbocycles. The Kier molecular flexibility index (Phi) is 15.5. The standard InChI is InChI=1S/C7H8O.C2H6O2.K.H/c1-8-7-5-3-2-4-6-7;3-1-2-4;;/h2-6H,1H3;3-4H,1-2H2;;. The Morgan fingerprint density at radius 3 is 1.77 bits per heavy atom. The van der Waals surface area contributed by atoms with Gasteiger partial charge in [-0.05, 0) is 12.1 Å². The van der Waals surface area contributed by atoms with Gasteiger partial charge in [-0.25, -0.2) is 0 Å². The summed E-state index contributed by atoms with van der Waals surface area (Å²) in [6.07, 6.45) is 0. The summed E-state index contributed by atoms with van der Waals surface area (Å²) in [7, 11) is 1.66. The predicted octanol–water partition coefficient (Wildman–Crippen LogP) is 0.0177. The molecule has 70 valence electrons. The molecular formula is C9H15KO3. The van der Waals surface area contributed by atoms with E-state index in [0.29, 0.717) is 0 Å². The van der Waals surface area contributed by atoms with Crippen molar-refractivity contribution < 1.29 is 14.9 Å². The van der Waals surface area contributed by atoms with Crippen LogP contribution in [0.25, 0.3) is 0 Å². The van der Waals surface area contributed by atoms with Crippen molar-refractivity contribution in [2.45, 2.75) is 0 Å². The number of para-hydroxylation sites is 1. The van der Waals surface area contributed by atoms with Gasteiger partial charge >= 0.3 is 51.4 Å². The molecule has 3 nitrogen and oxygen atoms in total. The Bertz CT molecular complexity index is 177. The molecule has 2 N–H and O–H groups in total. The molecule has 0 saturated carbocycles. The van der Waals surface area contributed by atoms with E-state index in [0.717, 1.165) is 5.75 Å². The number of benzene rings is 1. The molecule has 4 heteroatoms. The third-order valence-electron chi connectivity index (χ3n) is 1.08. The number of hydrogen-bond donors (Lipinski definition) is 2. The molecule has 0 aliphatic rings. The molecule has 0 saturated heterocycles. The van der Waals surface area contributed by atoms with Crippen LogP contribution in [0.1, 0.15) is 0 Å². The zero-order valence-electron chi connectivity index (χ0n) is 7.10. The zero-order valence-corrected chi connectivity index (χ0v) is 7.10. The third-order valence-corrected chi connectivity index (χ3v) is 1.08. The van der Waals surface area contributed by atoms with Crippen molar-refractivity contribution in [1.29, 1.82) is 0 Å². The molecule has 0 bridgehead atoms. The van der Waals surface area contributed by atoms with E-state index in [1.165, 1.54) is 0 Å². The summed E-state index contributed by atoms with van der Waals surface area (Å²) < 4.78 is 4.91. The van der Waals surface area contributed by atoms with Gasteiger partial charge in [0.25, 0.3) is 0 Å². The molecule has 0 fully saturated rings. The van der Waals surface area contributed by atoms with E-state index in [2.05, 4.69) is 0 Å². The number of rotatable bonds is 2. The molecule has 0 unspecified atom stereocenters. The fourth-order valence-electron chi connectivity index (χ4n) is 0.557. The fourth-order valence-corrected chi connectivity index (χ4v) is 0.557. The van der Waals surface area contributed by atoms with E-state index >= 15 is 0 Å². The Balaban J connectivity index is 0. The first-order chi connectivity index (χ1) is 5.85. The van der Waals surface area contributed by atoms with Crippen LogP contribution in [-0.2, 0) is 0 Å². The molecule has 0 aliphatic heterocycles. The van der Waals surface area contributed by atoms with Gasteiger partial charge in [0.1, 0.15) is 5.75 Å². The fraction of sp³-hybridized carbons (Fsp3) is 0.333. The van der Waals surface area contributed by atoms with E-state index in [-0.39, 0.29) is 64.6 Å². The Morgan fingerprint density at radius 1 is 1.08 bits per heavy atom. The van der Waals surface area contributed by atoms with Gasteiger partial charge in [0.15, 0.2) is 0 Å². The van der Waals surface area contributed by atoms with Crippen LogP contribution in [0.2, 0.25) is 0 Å². The Labute approximate surface area is 121 Å². The topological polar surface area (TPSA) is 49.7 Å². The summed E-state index contributed by atoms with van der Waals surface area (Å²) in [5, 5.41) is 15.2. The molecule has 1 rings (SSSR count). The second-order valence-electron chi connectivity index (χ2n) is 1.96. The van der Waals surface area contributed by atoms with Crippen LogP contribution in [0, 0.1) is 0 Å². The van der Waals surface area contributed by atoms with Crippen molar-refractivity contribution in [3.63, 3.8) is 0 Å². The van der Waals surface area contributed by atoms with Gasteiger partial charge in [-0.1, -0.05) is 18.2 Å². The molecule has 0 heterocycles.